The minimum atomic E-state index is -1.02. The molecule has 5 amide bonds. The monoisotopic (exact) mass is 867 g/mol. The van der Waals surface area contributed by atoms with Crippen molar-refractivity contribution in [2.45, 2.75) is 76.5 Å². The van der Waals surface area contributed by atoms with Gasteiger partial charge in [0.2, 0.25) is 23.7 Å². The number of aromatic nitrogens is 5. The standard InChI is InChI=1S/C46H49N11O7/c1-3-21-55-42(61)34-27-48-45(52-40(34)57(55)36-16-8-28-18-19-46(64,4-2)39(28)50-36)49-29-9-12-31(13-10-29)53-22-24-54(25-23-53)38(59)7-5-6-20-47-30-11-14-32-33(26-30)44(63)56(43(32)62)35-15-17-37(58)51-41(35)60/h3,8-14,16,26-27,35,47,64H,1,4-7,15,17-25H2,2H3,(H,48,49,52)(H,51,58,60)/t35?,46-/m1/s1. The van der Waals surface area contributed by atoms with Gasteiger partial charge < -0.3 is 25.5 Å². The van der Waals surface area contributed by atoms with Crippen LogP contribution in [0.25, 0.3) is 16.9 Å². The van der Waals surface area contributed by atoms with Crippen LogP contribution >= 0.6 is 0 Å². The van der Waals surface area contributed by atoms with Gasteiger partial charge in [0, 0.05) is 68.8 Å². The van der Waals surface area contributed by atoms with Crippen LogP contribution in [0, 0.1) is 0 Å². The lowest BCUT2D eigenvalue weighted by atomic mass is 9.98. The van der Waals surface area contributed by atoms with Gasteiger partial charge in [0.25, 0.3) is 17.4 Å². The van der Waals surface area contributed by atoms with E-state index < -0.39 is 35.3 Å². The Labute approximate surface area is 367 Å². The first-order chi connectivity index (χ1) is 31.0. The van der Waals surface area contributed by atoms with E-state index in [1.165, 1.54) is 10.9 Å². The molecule has 4 aliphatic rings. The molecule has 64 heavy (non-hydrogen) atoms. The number of benzene rings is 2. The molecule has 5 aromatic rings. The van der Waals surface area contributed by atoms with E-state index in [1.54, 1.807) is 29.0 Å². The highest BCUT2D eigenvalue weighted by atomic mass is 16.3. The normalized spacial score (nSPS) is 19.5. The van der Waals surface area contributed by atoms with Crippen LogP contribution in [0.3, 0.4) is 0 Å². The fourth-order valence-corrected chi connectivity index (χ4v) is 9.08. The second kappa shape index (κ2) is 17.2. The number of hydrogen-bond donors (Lipinski definition) is 4. The Morgan fingerprint density at radius 2 is 1.70 bits per heavy atom. The molecule has 0 saturated carbocycles. The molecule has 6 heterocycles. The van der Waals surface area contributed by atoms with Crippen molar-refractivity contribution in [3.63, 3.8) is 0 Å². The maximum Gasteiger partial charge on any atom is 0.278 e. The molecule has 18 heteroatoms. The first kappa shape index (κ1) is 42.1. The molecule has 0 radical (unpaired) electrons. The number of allylic oxidation sites excluding steroid dienone is 1. The molecule has 18 nitrogen and oxygen atoms in total. The minimum absolute atomic E-state index is 0.0605. The van der Waals surface area contributed by atoms with E-state index in [0.29, 0.717) is 92.6 Å². The van der Waals surface area contributed by atoms with Gasteiger partial charge in [-0.05, 0) is 92.6 Å². The van der Waals surface area contributed by atoms with Crippen LogP contribution in [0.1, 0.15) is 83.8 Å². The summed E-state index contributed by atoms with van der Waals surface area (Å²) in [6, 6.07) is 15.6. The summed E-state index contributed by atoms with van der Waals surface area (Å²) < 4.78 is 3.18. The second-order valence-corrected chi connectivity index (χ2v) is 16.6. The summed E-state index contributed by atoms with van der Waals surface area (Å²) in [5.41, 5.74) is 3.59. The summed E-state index contributed by atoms with van der Waals surface area (Å²) in [5.74, 6) is -1.29. The number of fused-ring (bicyclic) bond motifs is 3. The Bertz CT molecular complexity index is 2770. The first-order valence-electron chi connectivity index (χ1n) is 21.8. The number of anilines is 4. The average Bonchev–Trinajstić information content (AvgIpc) is 3.88. The van der Waals surface area contributed by atoms with Gasteiger partial charge in [-0.15, -0.1) is 6.58 Å². The predicted octanol–water partition coefficient (Wildman–Crippen LogP) is 3.78. The van der Waals surface area contributed by atoms with Crippen molar-refractivity contribution in [3.8, 4) is 5.82 Å². The summed E-state index contributed by atoms with van der Waals surface area (Å²) in [4.78, 5) is 95.9. The molecular weight excluding hydrogens is 819 g/mol. The highest BCUT2D eigenvalue weighted by Gasteiger charge is 2.44. The quantitative estimate of drug-likeness (QED) is 0.0711. The Kier molecular flexibility index (Phi) is 11.3. The van der Waals surface area contributed by atoms with E-state index in [9.17, 15) is 33.9 Å². The first-order valence-corrected chi connectivity index (χ1v) is 21.8. The van der Waals surface area contributed by atoms with Gasteiger partial charge in [0.05, 0.1) is 23.4 Å². The number of nitrogens with zero attached hydrogens (tertiary/aromatic N) is 8. The summed E-state index contributed by atoms with van der Waals surface area (Å²) in [7, 11) is 0. The molecule has 3 aromatic heterocycles. The van der Waals surface area contributed by atoms with E-state index in [-0.39, 0.29) is 42.0 Å². The number of carbonyl (C=O) groups excluding carboxylic acids is 5. The minimum Gasteiger partial charge on any atom is -0.385 e. The number of pyridine rings is 1. The summed E-state index contributed by atoms with van der Waals surface area (Å²) in [6.07, 6.45) is 6.99. The van der Waals surface area contributed by atoms with E-state index >= 15 is 0 Å². The summed E-state index contributed by atoms with van der Waals surface area (Å²) in [5, 5.41) is 20.3. The molecule has 1 unspecified atom stereocenters. The zero-order valence-electron chi connectivity index (χ0n) is 35.5. The number of amides is 5. The van der Waals surface area contributed by atoms with E-state index in [1.807, 2.05) is 48.2 Å². The van der Waals surface area contributed by atoms with E-state index in [4.69, 9.17) is 9.97 Å². The third-order valence-corrected chi connectivity index (χ3v) is 12.7. The predicted molar refractivity (Wildman–Crippen MR) is 238 cm³/mol. The summed E-state index contributed by atoms with van der Waals surface area (Å²) >= 11 is 0. The number of carbonyl (C=O) groups is 5. The zero-order valence-corrected chi connectivity index (χ0v) is 35.5. The number of rotatable bonds is 14. The molecule has 2 aromatic carbocycles. The van der Waals surface area contributed by atoms with Crippen molar-refractivity contribution in [1.29, 1.82) is 0 Å². The molecular formula is C46H49N11O7. The number of aryl methyl sites for hydroxylation is 1. The zero-order chi connectivity index (χ0) is 44.7. The molecule has 3 aliphatic heterocycles. The van der Waals surface area contributed by atoms with Crippen LogP contribution in [0.5, 0.6) is 0 Å². The lowest BCUT2D eigenvalue weighted by Crippen LogP contribution is -2.54. The van der Waals surface area contributed by atoms with E-state index in [2.05, 4.69) is 32.4 Å². The van der Waals surface area contributed by atoms with Gasteiger partial charge in [-0.1, -0.05) is 19.1 Å². The molecule has 1 aliphatic carbocycles. The third kappa shape index (κ3) is 7.78. The van der Waals surface area contributed by atoms with Crippen molar-refractivity contribution >= 4 is 63.6 Å². The molecule has 330 valence electrons. The number of hydrogen-bond acceptors (Lipinski definition) is 13. The SMILES string of the molecule is C=CCn1c(=O)c2cnc(Nc3ccc(N4CCN(C(=O)CCCCNc5ccc6c(c5)C(=O)N(C5CCC(=O)NC5=O)C6=O)CC4)cc3)nc2n1-c1ccc2c(n1)[C@@](O)(CC)CC2. The van der Waals surface area contributed by atoms with Crippen LogP contribution < -0.4 is 26.4 Å². The van der Waals surface area contributed by atoms with Crippen LogP contribution in [-0.2, 0) is 33.0 Å². The van der Waals surface area contributed by atoms with Gasteiger partial charge in [-0.25, -0.2) is 19.3 Å². The maximum atomic E-state index is 13.5. The van der Waals surface area contributed by atoms with Crippen molar-refractivity contribution < 1.29 is 29.1 Å². The molecule has 2 atom stereocenters. The Balaban J connectivity index is 0.758. The topological polar surface area (TPSA) is 217 Å². The van der Waals surface area contributed by atoms with Crippen molar-refractivity contribution in [1.82, 2.24) is 39.4 Å². The van der Waals surface area contributed by atoms with Gasteiger partial charge >= 0.3 is 0 Å². The van der Waals surface area contributed by atoms with Crippen LogP contribution in [-0.4, -0.2) is 108 Å². The van der Waals surface area contributed by atoms with Crippen LogP contribution in [0.2, 0.25) is 0 Å². The third-order valence-electron chi connectivity index (χ3n) is 12.7. The van der Waals surface area contributed by atoms with Crippen molar-refractivity contribution in [3.05, 3.63) is 106 Å². The summed E-state index contributed by atoms with van der Waals surface area (Å²) in [6.45, 7) is 9.15. The van der Waals surface area contributed by atoms with Crippen molar-refractivity contribution in [2.24, 2.45) is 0 Å². The number of aliphatic hydroxyl groups is 1. The van der Waals surface area contributed by atoms with Gasteiger partial charge in [-0.2, -0.15) is 4.98 Å². The lowest BCUT2D eigenvalue weighted by Gasteiger charge is -2.36. The molecule has 0 spiro atoms. The Morgan fingerprint density at radius 1 is 0.938 bits per heavy atom. The smallest absolute Gasteiger partial charge is 0.278 e. The highest BCUT2D eigenvalue weighted by Crippen LogP contribution is 2.38. The Hall–Kier alpha value is -7.21. The average molecular weight is 868 g/mol. The van der Waals surface area contributed by atoms with Crippen LogP contribution in [0.4, 0.5) is 23.0 Å². The fraction of sp³-hybridized carbons (Fsp3) is 0.370. The second-order valence-electron chi connectivity index (χ2n) is 16.6. The fourth-order valence-electron chi connectivity index (χ4n) is 9.08. The number of nitrogens with one attached hydrogen (secondary N) is 3. The van der Waals surface area contributed by atoms with Gasteiger partial charge in [0.15, 0.2) is 11.5 Å². The van der Waals surface area contributed by atoms with Crippen molar-refractivity contribution in [2.75, 3.05) is 48.3 Å². The molecule has 0 bridgehead atoms. The number of unbranched alkanes of at least 4 members (excludes halogenated alkanes) is 1. The molecule has 9 rings (SSSR count). The Morgan fingerprint density at radius 3 is 2.45 bits per heavy atom. The van der Waals surface area contributed by atoms with Crippen LogP contribution in [0.15, 0.2) is 78.2 Å². The maximum absolute atomic E-state index is 13.5. The van der Waals surface area contributed by atoms with E-state index in [0.717, 1.165) is 34.7 Å². The molecule has 4 N–H and O–H groups in total. The molecule has 2 saturated heterocycles. The number of piperazine rings is 1. The van der Waals surface area contributed by atoms with Gasteiger partial charge in [-0.3, -0.25) is 39.0 Å². The largest absolute Gasteiger partial charge is 0.385 e. The lowest BCUT2D eigenvalue weighted by molar-refractivity contribution is -0.136. The number of piperidine rings is 1. The molecule has 2 fully saturated rings. The highest BCUT2D eigenvalue weighted by molar-refractivity contribution is 6.23. The van der Waals surface area contributed by atoms with Gasteiger partial charge in [0.1, 0.15) is 17.0 Å². The number of imide groups is 2.